The Kier molecular flexibility index (Phi) is 17.0. The second-order valence-corrected chi connectivity index (χ2v) is 11.8. The van der Waals surface area contributed by atoms with Crippen LogP contribution in [0.5, 0.6) is 0 Å². The molecule has 0 amide bonds. The molecule has 0 saturated carbocycles. The van der Waals surface area contributed by atoms with Crippen LogP contribution in [0.25, 0.3) is 0 Å². The first-order chi connectivity index (χ1) is 17.5. The predicted octanol–water partition coefficient (Wildman–Crippen LogP) is 6.10. The van der Waals surface area contributed by atoms with Crippen molar-refractivity contribution in [2.75, 3.05) is 46.6 Å². The van der Waals surface area contributed by atoms with Crippen LogP contribution in [0.15, 0.2) is 0 Å². The third-order valence-electron chi connectivity index (χ3n) is 7.33. The van der Waals surface area contributed by atoms with E-state index in [1.54, 1.807) is 0 Å². The summed E-state index contributed by atoms with van der Waals surface area (Å²) in [5.74, 6) is 0. The van der Waals surface area contributed by atoms with E-state index in [2.05, 4.69) is 6.92 Å². The van der Waals surface area contributed by atoms with Gasteiger partial charge < -0.3 is 24.0 Å². The summed E-state index contributed by atoms with van der Waals surface area (Å²) in [6, 6.07) is 0. The van der Waals surface area contributed by atoms with Crippen molar-refractivity contribution in [2.45, 2.75) is 128 Å². The molecule has 0 radical (unpaired) electrons. The van der Waals surface area contributed by atoms with Gasteiger partial charge in [0.25, 0.3) is 0 Å². The molecule has 2 rings (SSSR count). The molecule has 2 heterocycles. The van der Waals surface area contributed by atoms with E-state index < -0.39 is 20.0 Å². The summed E-state index contributed by atoms with van der Waals surface area (Å²) >= 11 is 0. The standard InChI is InChI=1S/C27H54NO7P/c1-4-6-7-8-9-10-11-12-13-14-15-16-17-18-20-31-24-22-32-27-25(23-33-26(24)27)35-36(29,30)34-21-19-28(3)5-2/h24-27H,4-23H2,1-3H3,(H,29,30)/t24-,25-,26?,27?/m1/s1. The Morgan fingerprint density at radius 3 is 1.83 bits per heavy atom. The third-order valence-corrected chi connectivity index (χ3v) is 8.37. The molecule has 36 heavy (non-hydrogen) atoms. The highest BCUT2D eigenvalue weighted by Gasteiger charge is 2.51. The predicted molar refractivity (Wildman–Crippen MR) is 143 cm³/mol. The highest BCUT2D eigenvalue weighted by Crippen LogP contribution is 2.47. The van der Waals surface area contributed by atoms with Gasteiger partial charge in [-0.25, -0.2) is 4.57 Å². The van der Waals surface area contributed by atoms with Crippen molar-refractivity contribution in [2.24, 2.45) is 0 Å². The van der Waals surface area contributed by atoms with E-state index in [4.69, 9.17) is 23.3 Å². The van der Waals surface area contributed by atoms with Gasteiger partial charge in [0.05, 0.1) is 19.8 Å². The molecular weight excluding hydrogens is 481 g/mol. The van der Waals surface area contributed by atoms with Crippen LogP contribution in [0, 0.1) is 0 Å². The second-order valence-electron chi connectivity index (χ2n) is 10.4. The molecule has 0 spiro atoms. The van der Waals surface area contributed by atoms with Crippen molar-refractivity contribution < 1.29 is 32.7 Å². The monoisotopic (exact) mass is 535 g/mol. The molecular formula is C27H54NO7P. The first-order valence-corrected chi connectivity index (χ1v) is 16.2. The van der Waals surface area contributed by atoms with E-state index in [0.29, 0.717) is 19.8 Å². The summed E-state index contributed by atoms with van der Waals surface area (Å²) in [6.45, 7) is 7.14. The Labute approximate surface area is 220 Å². The molecule has 0 bridgehead atoms. The number of likely N-dealkylation sites (N-methyl/N-ethyl adjacent to an activating group) is 1. The Morgan fingerprint density at radius 1 is 0.778 bits per heavy atom. The lowest BCUT2D eigenvalue weighted by Gasteiger charge is -2.21. The molecule has 214 valence electrons. The van der Waals surface area contributed by atoms with Crippen LogP contribution in [0.2, 0.25) is 0 Å². The lowest BCUT2D eigenvalue weighted by atomic mass is 10.0. The number of nitrogens with zero attached hydrogens (tertiary/aromatic N) is 1. The molecule has 9 heteroatoms. The van der Waals surface area contributed by atoms with Crippen LogP contribution in [0.3, 0.4) is 0 Å². The van der Waals surface area contributed by atoms with Gasteiger partial charge >= 0.3 is 7.82 Å². The van der Waals surface area contributed by atoms with Crippen LogP contribution in [0.1, 0.15) is 104 Å². The molecule has 0 aromatic heterocycles. The van der Waals surface area contributed by atoms with Crippen molar-refractivity contribution in [1.29, 1.82) is 0 Å². The zero-order chi connectivity index (χ0) is 26.1. The van der Waals surface area contributed by atoms with Crippen LogP contribution in [-0.2, 0) is 27.8 Å². The van der Waals surface area contributed by atoms with Crippen molar-refractivity contribution in [3.8, 4) is 0 Å². The van der Waals surface area contributed by atoms with Gasteiger partial charge in [0, 0.05) is 13.2 Å². The summed E-state index contributed by atoms with van der Waals surface area (Å²) in [4.78, 5) is 12.0. The summed E-state index contributed by atoms with van der Waals surface area (Å²) in [5.41, 5.74) is 0. The maximum Gasteiger partial charge on any atom is 0.472 e. The fraction of sp³-hybridized carbons (Fsp3) is 1.00. The SMILES string of the molecule is CCCCCCCCCCCCCCCCO[C@@H]1COC2C1OC[C@H]2OP(=O)(O)OCCN(C)CC. The molecule has 0 aliphatic carbocycles. The van der Waals surface area contributed by atoms with Crippen LogP contribution >= 0.6 is 7.82 Å². The maximum absolute atomic E-state index is 12.3. The molecule has 2 aliphatic heterocycles. The van der Waals surface area contributed by atoms with Gasteiger partial charge in [0.1, 0.15) is 24.4 Å². The quantitative estimate of drug-likeness (QED) is 0.124. The van der Waals surface area contributed by atoms with E-state index in [0.717, 1.165) is 13.0 Å². The number of rotatable bonds is 23. The van der Waals surface area contributed by atoms with Crippen molar-refractivity contribution in [3.63, 3.8) is 0 Å². The van der Waals surface area contributed by atoms with E-state index in [9.17, 15) is 9.46 Å². The second kappa shape index (κ2) is 19.1. The van der Waals surface area contributed by atoms with Crippen molar-refractivity contribution >= 4 is 7.82 Å². The fourth-order valence-electron chi connectivity index (χ4n) is 4.87. The van der Waals surface area contributed by atoms with Crippen LogP contribution < -0.4 is 0 Å². The Bertz CT molecular complexity index is 596. The number of hydrogen-bond donors (Lipinski definition) is 1. The number of unbranched alkanes of at least 4 members (excludes halogenated alkanes) is 13. The average molecular weight is 536 g/mol. The third kappa shape index (κ3) is 13.1. The van der Waals surface area contributed by atoms with Gasteiger partial charge in [-0.05, 0) is 20.0 Å². The molecule has 0 aromatic carbocycles. The molecule has 0 aromatic rings. The molecule has 3 unspecified atom stereocenters. The fourth-order valence-corrected chi connectivity index (χ4v) is 5.76. The normalized spacial score (nSPS) is 25.5. The lowest BCUT2D eigenvalue weighted by molar-refractivity contribution is -0.0382. The lowest BCUT2D eigenvalue weighted by Crippen LogP contribution is -2.34. The topological polar surface area (TPSA) is 86.7 Å². The van der Waals surface area contributed by atoms with Crippen LogP contribution in [0.4, 0.5) is 0 Å². The summed E-state index contributed by atoms with van der Waals surface area (Å²) in [5, 5.41) is 0. The van der Waals surface area contributed by atoms with Gasteiger partial charge in [-0.3, -0.25) is 9.05 Å². The minimum Gasteiger partial charge on any atom is -0.373 e. The van der Waals surface area contributed by atoms with Crippen molar-refractivity contribution in [1.82, 2.24) is 4.90 Å². The van der Waals surface area contributed by atoms with E-state index >= 15 is 0 Å². The first-order valence-electron chi connectivity index (χ1n) is 14.7. The zero-order valence-corrected chi connectivity index (χ0v) is 24.1. The highest BCUT2D eigenvalue weighted by molar-refractivity contribution is 7.47. The molecule has 8 nitrogen and oxygen atoms in total. The molecule has 1 N–H and O–H groups in total. The molecule has 2 aliphatic rings. The summed E-state index contributed by atoms with van der Waals surface area (Å²) in [6.07, 6.45) is 17.3. The Balaban J connectivity index is 1.45. The highest BCUT2D eigenvalue weighted by atomic mass is 31.2. The van der Waals surface area contributed by atoms with Crippen molar-refractivity contribution in [3.05, 3.63) is 0 Å². The minimum atomic E-state index is -4.16. The maximum atomic E-state index is 12.3. The van der Waals surface area contributed by atoms with Gasteiger partial charge in [0.2, 0.25) is 0 Å². The van der Waals surface area contributed by atoms with Gasteiger partial charge in [-0.1, -0.05) is 97.3 Å². The number of phosphoric ester groups is 1. The van der Waals surface area contributed by atoms with Gasteiger partial charge in [-0.2, -0.15) is 0 Å². The smallest absolute Gasteiger partial charge is 0.373 e. The Morgan fingerprint density at radius 2 is 1.28 bits per heavy atom. The van der Waals surface area contributed by atoms with E-state index in [1.165, 1.54) is 83.5 Å². The largest absolute Gasteiger partial charge is 0.472 e. The van der Waals surface area contributed by atoms with E-state index in [-0.39, 0.29) is 25.4 Å². The summed E-state index contributed by atoms with van der Waals surface area (Å²) in [7, 11) is -2.23. The minimum absolute atomic E-state index is 0.131. The average Bonchev–Trinajstić information content (AvgIpc) is 3.44. The summed E-state index contributed by atoms with van der Waals surface area (Å²) < 4.78 is 40.4. The Hall–Kier alpha value is -0.0500. The van der Waals surface area contributed by atoms with Crippen LogP contribution in [-0.4, -0.2) is 80.8 Å². The number of phosphoric acid groups is 1. The molecule has 2 fully saturated rings. The zero-order valence-electron chi connectivity index (χ0n) is 23.2. The van der Waals surface area contributed by atoms with E-state index in [1.807, 2.05) is 18.9 Å². The molecule has 5 atom stereocenters. The number of ether oxygens (including phenoxy) is 3. The molecule has 2 saturated heterocycles. The van der Waals surface area contributed by atoms with Gasteiger partial charge in [-0.15, -0.1) is 0 Å². The number of fused-ring (bicyclic) bond motifs is 1. The van der Waals surface area contributed by atoms with Gasteiger partial charge in [0.15, 0.2) is 0 Å². The number of hydrogen-bond acceptors (Lipinski definition) is 7. The first kappa shape index (κ1) is 32.2.